The molecule has 0 aliphatic rings. The number of hydrogen-bond acceptors (Lipinski definition) is 3. The Morgan fingerprint density at radius 3 is 2.68 bits per heavy atom. The first kappa shape index (κ1) is 14.1. The Bertz CT molecular complexity index is 557. The first-order chi connectivity index (χ1) is 8.91. The van der Waals surface area contributed by atoms with Crippen LogP contribution >= 0.6 is 11.3 Å². The molecule has 104 valence electrons. The Morgan fingerprint density at radius 2 is 2.11 bits per heavy atom. The van der Waals surface area contributed by atoms with Crippen molar-refractivity contribution in [2.24, 2.45) is 12.8 Å². The lowest BCUT2D eigenvalue weighted by Crippen LogP contribution is -2.06. The summed E-state index contributed by atoms with van der Waals surface area (Å²) in [6, 6.07) is 4.84. The van der Waals surface area contributed by atoms with Gasteiger partial charge in [-0.05, 0) is 37.6 Å². The Kier molecular flexibility index (Phi) is 3.96. The summed E-state index contributed by atoms with van der Waals surface area (Å²) in [7, 11) is 1.52. The fourth-order valence-corrected chi connectivity index (χ4v) is 2.86. The van der Waals surface area contributed by atoms with E-state index < -0.39 is 11.9 Å². The van der Waals surface area contributed by atoms with Crippen LogP contribution in [0.3, 0.4) is 0 Å². The molecule has 0 unspecified atom stereocenters. The Labute approximate surface area is 112 Å². The summed E-state index contributed by atoms with van der Waals surface area (Å²) >= 11 is 1.48. The van der Waals surface area contributed by atoms with E-state index in [4.69, 9.17) is 5.73 Å². The summed E-state index contributed by atoms with van der Waals surface area (Å²) < 4.78 is 39.0. The lowest BCUT2D eigenvalue weighted by atomic mass is 10.2. The highest BCUT2D eigenvalue weighted by atomic mass is 32.1. The first-order valence-electron chi connectivity index (χ1n) is 5.82. The van der Waals surface area contributed by atoms with E-state index in [9.17, 15) is 13.2 Å². The predicted molar refractivity (Wildman–Crippen MR) is 68.9 cm³/mol. The largest absolute Gasteiger partial charge is 0.435 e. The molecule has 0 radical (unpaired) electrons. The van der Waals surface area contributed by atoms with Gasteiger partial charge in [0.05, 0.1) is 10.6 Å². The molecule has 0 bridgehead atoms. The third kappa shape index (κ3) is 3.16. The Hall–Kier alpha value is -1.34. The lowest BCUT2D eigenvalue weighted by Gasteiger charge is -1.98. The van der Waals surface area contributed by atoms with Crippen LogP contribution in [-0.2, 0) is 19.6 Å². The van der Waals surface area contributed by atoms with Gasteiger partial charge in [0.15, 0.2) is 5.69 Å². The molecule has 2 aromatic heterocycles. The second-order valence-corrected chi connectivity index (χ2v) is 5.36. The minimum Gasteiger partial charge on any atom is -0.330 e. The molecule has 2 heterocycles. The molecule has 0 aromatic carbocycles. The average Bonchev–Trinajstić information content (AvgIpc) is 2.91. The van der Waals surface area contributed by atoms with Gasteiger partial charge in [0, 0.05) is 11.9 Å². The normalized spacial score (nSPS) is 12.1. The predicted octanol–water partition coefficient (Wildman–Crippen LogP) is 3.06. The highest BCUT2D eigenvalue weighted by Crippen LogP contribution is 2.34. The number of aromatic nitrogens is 2. The fourth-order valence-electron chi connectivity index (χ4n) is 1.76. The number of nitrogens with two attached hydrogens (primary N) is 1. The maximum atomic E-state index is 12.6. The highest BCUT2D eigenvalue weighted by Gasteiger charge is 2.34. The molecule has 2 rings (SSSR count). The van der Waals surface area contributed by atoms with E-state index >= 15 is 0 Å². The van der Waals surface area contributed by atoms with Crippen LogP contribution in [0, 0.1) is 0 Å². The zero-order valence-corrected chi connectivity index (χ0v) is 11.2. The number of hydrogen-bond donors (Lipinski definition) is 1. The van der Waals surface area contributed by atoms with Crippen LogP contribution in [0.15, 0.2) is 18.2 Å². The van der Waals surface area contributed by atoms with Crippen molar-refractivity contribution in [3.63, 3.8) is 0 Å². The van der Waals surface area contributed by atoms with Crippen LogP contribution in [0.2, 0.25) is 0 Å². The molecule has 7 heteroatoms. The number of halogens is 3. The van der Waals surface area contributed by atoms with Crippen LogP contribution in [-0.4, -0.2) is 16.3 Å². The molecule has 0 saturated carbocycles. The van der Waals surface area contributed by atoms with Gasteiger partial charge in [-0.15, -0.1) is 11.3 Å². The zero-order chi connectivity index (χ0) is 14.0. The van der Waals surface area contributed by atoms with Gasteiger partial charge in [-0.2, -0.15) is 18.3 Å². The monoisotopic (exact) mass is 289 g/mol. The van der Waals surface area contributed by atoms with E-state index in [-0.39, 0.29) is 0 Å². The summed E-state index contributed by atoms with van der Waals surface area (Å²) in [5, 5.41) is 3.51. The highest BCUT2D eigenvalue weighted by molar-refractivity contribution is 7.15. The van der Waals surface area contributed by atoms with Crippen molar-refractivity contribution in [3.05, 3.63) is 28.8 Å². The average molecular weight is 289 g/mol. The van der Waals surface area contributed by atoms with Crippen LogP contribution in [0.1, 0.15) is 17.0 Å². The molecule has 0 atom stereocenters. The molecule has 0 spiro atoms. The van der Waals surface area contributed by atoms with Gasteiger partial charge in [-0.1, -0.05) is 0 Å². The summed E-state index contributed by atoms with van der Waals surface area (Å²) in [5.74, 6) is 0. The van der Waals surface area contributed by atoms with Gasteiger partial charge < -0.3 is 5.73 Å². The smallest absolute Gasteiger partial charge is 0.330 e. The molecule has 0 fully saturated rings. The molecular formula is C12H14F3N3S. The second kappa shape index (κ2) is 5.34. The Morgan fingerprint density at radius 1 is 1.37 bits per heavy atom. The van der Waals surface area contributed by atoms with Crippen molar-refractivity contribution in [1.29, 1.82) is 0 Å². The number of rotatable bonds is 4. The summed E-state index contributed by atoms with van der Waals surface area (Å²) in [6.45, 7) is 0.608. The lowest BCUT2D eigenvalue weighted by molar-refractivity contribution is -0.141. The van der Waals surface area contributed by atoms with Crippen LogP contribution in [0.25, 0.3) is 10.6 Å². The van der Waals surface area contributed by atoms with Gasteiger partial charge in [0.2, 0.25) is 0 Å². The van der Waals surface area contributed by atoms with E-state index in [0.717, 1.165) is 28.7 Å². The van der Waals surface area contributed by atoms with Crippen LogP contribution in [0.4, 0.5) is 13.2 Å². The number of thiophene rings is 1. The van der Waals surface area contributed by atoms with Gasteiger partial charge in [0.25, 0.3) is 0 Å². The van der Waals surface area contributed by atoms with Crippen molar-refractivity contribution in [2.45, 2.75) is 19.0 Å². The van der Waals surface area contributed by atoms with Crippen molar-refractivity contribution in [2.75, 3.05) is 6.54 Å². The number of alkyl halides is 3. The summed E-state index contributed by atoms with van der Waals surface area (Å²) in [6.07, 6.45) is -2.68. The van der Waals surface area contributed by atoms with E-state index in [1.807, 2.05) is 12.1 Å². The van der Waals surface area contributed by atoms with Gasteiger partial charge in [0.1, 0.15) is 0 Å². The van der Waals surface area contributed by atoms with Gasteiger partial charge in [-0.25, -0.2) is 0 Å². The summed E-state index contributed by atoms with van der Waals surface area (Å²) in [5.41, 5.74) is 5.06. The van der Waals surface area contributed by atoms with Crippen molar-refractivity contribution >= 4 is 11.3 Å². The molecule has 19 heavy (non-hydrogen) atoms. The maximum absolute atomic E-state index is 12.6. The molecular weight excluding hydrogens is 275 g/mol. The molecule has 0 amide bonds. The van der Waals surface area contributed by atoms with E-state index in [1.165, 1.54) is 23.1 Å². The van der Waals surface area contributed by atoms with Crippen LogP contribution < -0.4 is 5.73 Å². The maximum Gasteiger partial charge on any atom is 0.435 e. The third-order valence-electron chi connectivity index (χ3n) is 2.71. The SMILES string of the molecule is Cn1nc(C(F)(F)F)cc1-c1ccc(CCCN)s1. The number of nitrogens with zero attached hydrogens (tertiary/aromatic N) is 2. The Balaban J connectivity index is 2.26. The third-order valence-corrected chi connectivity index (χ3v) is 3.88. The molecule has 2 N–H and O–H groups in total. The van der Waals surface area contributed by atoms with Crippen molar-refractivity contribution in [3.8, 4) is 10.6 Å². The topological polar surface area (TPSA) is 43.8 Å². The zero-order valence-electron chi connectivity index (χ0n) is 10.4. The van der Waals surface area contributed by atoms with Gasteiger partial charge >= 0.3 is 6.18 Å². The molecule has 2 aromatic rings. The van der Waals surface area contributed by atoms with E-state index in [0.29, 0.717) is 12.2 Å². The minimum atomic E-state index is -4.41. The van der Waals surface area contributed by atoms with Crippen molar-refractivity contribution in [1.82, 2.24) is 9.78 Å². The van der Waals surface area contributed by atoms with E-state index in [1.54, 1.807) is 0 Å². The minimum absolute atomic E-state index is 0.483. The number of aryl methyl sites for hydroxylation is 2. The second-order valence-electron chi connectivity index (χ2n) is 4.19. The standard InChI is InChI=1S/C12H14F3N3S/c1-18-9(7-11(17-18)12(13,14)15)10-5-4-8(19-10)3-2-6-16/h4-5,7H,2-3,6,16H2,1H3. The molecule has 0 aliphatic carbocycles. The molecule has 0 saturated heterocycles. The van der Waals surface area contributed by atoms with Crippen molar-refractivity contribution < 1.29 is 13.2 Å². The molecule has 0 aliphatic heterocycles. The summed E-state index contributed by atoms with van der Waals surface area (Å²) in [4.78, 5) is 1.91. The van der Waals surface area contributed by atoms with Gasteiger partial charge in [-0.3, -0.25) is 4.68 Å². The van der Waals surface area contributed by atoms with E-state index in [2.05, 4.69) is 5.10 Å². The quantitative estimate of drug-likeness (QED) is 0.940. The molecule has 3 nitrogen and oxygen atoms in total. The first-order valence-corrected chi connectivity index (χ1v) is 6.64. The fraction of sp³-hybridized carbons (Fsp3) is 0.417. The van der Waals surface area contributed by atoms with Crippen LogP contribution in [0.5, 0.6) is 0 Å².